The number of nitrogens with two attached hydrogens (primary N) is 1. The SMILES string of the molecule is CCS(=O)(=O)CCOC1CCCCC1N. The molecule has 90 valence electrons. The third kappa shape index (κ3) is 4.49. The summed E-state index contributed by atoms with van der Waals surface area (Å²) in [6.07, 6.45) is 4.32. The zero-order valence-corrected chi connectivity index (χ0v) is 10.1. The molecule has 0 aromatic heterocycles. The van der Waals surface area contributed by atoms with Crippen LogP contribution in [0.4, 0.5) is 0 Å². The van der Waals surface area contributed by atoms with E-state index in [0.717, 1.165) is 25.7 Å². The van der Waals surface area contributed by atoms with Crippen LogP contribution < -0.4 is 5.73 Å². The quantitative estimate of drug-likeness (QED) is 0.762. The molecule has 2 N–H and O–H groups in total. The molecule has 1 fully saturated rings. The molecule has 0 saturated heterocycles. The molecule has 0 heterocycles. The summed E-state index contributed by atoms with van der Waals surface area (Å²) in [6.45, 7) is 1.94. The Morgan fingerprint density at radius 2 is 2.00 bits per heavy atom. The normalized spacial score (nSPS) is 27.9. The summed E-state index contributed by atoms with van der Waals surface area (Å²) in [5, 5.41) is 0. The lowest BCUT2D eigenvalue weighted by Crippen LogP contribution is -2.40. The van der Waals surface area contributed by atoms with Crippen LogP contribution in [0.15, 0.2) is 0 Å². The number of rotatable bonds is 5. The van der Waals surface area contributed by atoms with Gasteiger partial charge in [0.1, 0.15) is 0 Å². The fourth-order valence-corrected chi connectivity index (χ4v) is 2.44. The number of sulfone groups is 1. The number of hydrogen-bond donors (Lipinski definition) is 1. The molecule has 0 aromatic carbocycles. The van der Waals surface area contributed by atoms with Crippen LogP contribution in [0.1, 0.15) is 32.6 Å². The standard InChI is InChI=1S/C10H21NO3S/c1-2-15(12,13)8-7-14-10-6-4-3-5-9(10)11/h9-10H,2-8,11H2,1H3. The highest BCUT2D eigenvalue weighted by Crippen LogP contribution is 2.19. The third-order valence-corrected chi connectivity index (χ3v) is 4.59. The lowest BCUT2D eigenvalue weighted by molar-refractivity contribution is 0.0239. The van der Waals surface area contributed by atoms with E-state index >= 15 is 0 Å². The molecule has 1 aliphatic rings. The van der Waals surface area contributed by atoms with E-state index in [9.17, 15) is 8.42 Å². The van der Waals surface area contributed by atoms with Gasteiger partial charge in [0.25, 0.3) is 0 Å². The Morgan fingerprint density at radius 3 is 2.60 bits per heavy atom. The van der Waals surface area contributed by atoms with E-state index in [-0.39, 0.29) is 30.3 Å². The summed E-state index contributed by atoms with van der Waals surface area (Å²) in [7, 11) is -2.90. The molecule has 15 heavy (non-hydrogen) atoms. The van der Waals surface area contributed by atoms with E-state index in [4.69, 9.17) is 10.5 Å². The second kappa shape index (κ2) is 5.82. The van der Waals surface area contributed by atoms with Crippen LogP contribution in [0, 0.1) is 0 Å². The highest BCUT2D eigenvalue weighted by molar-refractivity contribution is 7.91. The molecule has 1 saturated carbocycles. The summed E-state index contributed by atoms with van der Waals surface area (Å²) in [4.78, 5) is 0. The van der Waals surface area contributed by atoms with Crippen molar-refractivity contribution in [3.63, 3.8) is 0 Å². The zero-order valence-electron chi connectivity index (χ0n) is 9.31. The highest BCUT2D eigenvalue weighted by Gasteiger charge is 2.22. The third-order valence-electron chi connectivity index (χ3n) is 2.92. The van der Waals surface area contributed by atoms with E-state index < -0.39 is 9.84 Å². The number of ether oxygens (including phenoxy) is 1. The minimum absolute atomic E-state index is 0.0609. The van der Waals surface area contributed by atoms with Gasteiger partial charge in [0, 0.05) is 11.8 Å². The maximum absolute atomic E-state index is 11.2. The second-order valence-electron chi connectivity index (χ2n) is 4.09. The summed E-state index contributed by atoms with van der Waals surface area (Å²) in [6, 6.07) is 0.0862. The van der Waals surface area contributed by atoms with Crippen molar-refractivity contribution in [1.82, 2.24) is 0 Å². The first-order valence-corrected chi connectivity index (χ1v) is 7.45. The molecule has 0 radical (unpaired) electrons. The van der Waals surface area contributed by atoms with Crippen molar-refractivity contribution in [2.45, 2.75) is 44.8 Å². The van der Waals surface area contributed by atoms with Crippen LogP contribution in [0.5, 0.6) is 0 Å². The van der Waals surface area contributed by atoms with Crippen LogP contribution in [0.2, 0.25) is 0 Å². The van der Waals surface area contributed by atoms with Crippen LogP contribution in [0.25, 0.3) is 0 Å². The second-order valence-corrected chi connectivity index (χ2v) is 6.57. The first-order valence-electron chi connectivity index (χ1n) is 5.63. The van der Waals surface area contributed by atoms with Gasteiger partial charge >= 0.3 is 0 Å². The van der Waals surface area contributed by atoms with E-state index in [1.54, 1.807) is 6.92 Å². The van der Waals surface area contributed by atoms with Crippen LogP contribution in [-0.4, -0.2) is 38.7 Å². The molecule has 2 atom stereocenters. The largest absolute Gasteiger partial charge is 0.376 e. The maximum Gasteiger partial charge on any atom is 0.152 e. The Labute approximate surface area is 92.1 Å². The maximum atomic E-state index is 11.2. The molecule has 0 amide bonds. The van der Waals surface area contributed by atoms with E-state index in [0.29, 0.717) is 0 Å². The Morgan fingerprint density at radius 1 is 1.33 bits per heavy atom. The fraction of sp³-hybridized carbons (Fsp3) is 1.00. The van der Waals surface area contributed by atoms with Crippen LogP contribution in [0.3, 0.4) is 0 Å². The van der Waals surface area contributed by atoms with Gasteiger partial charge in [-0.15, -0.1) is 0 Å². The minimum atomic E-state index is -2.90. The Kier molecular flexibility index (Phi) is 5.02. The van der Waals surface area contributed by atoms with Gasteiger partial charge in [-0.3, -0.25) is 0 Å². The first-order chi connectivity index (χ1) is 7.05. The van der Waals surface area contributed by atoms with Gasteiger partial charge in [-0.2, -0.15) is 0 Å². The first kappa shape index (κ1) is 12.9. The molecule has 4 nitrogen and oxygen atoms in total. The molecule has 5 heteroatoms. The van der Waals surface area contributed by atoms with Gasteiger partial charge < -0.3 is 10.5 Å². The predicted molar refractivity (Wildman–Crippen MR) is 60.5 cm³/mol. The predicted octanol–water partition coefficient (Wildman–Crippen LogP) is 0.708. The monoisotopic (exact) mass is 235 g/mol. The van der Waals surface area contributed by atoms with Crippen molar-refractivity contribution in [2.75, 3.05) is 18.1 Å². The summed E-state index contributed by atoms with van der Waals surface area (Å²) in [5.41, 5.74) is 5.89. The number of hydrogen-bond acceptors (Lipinski definition) is 4. The molecular formula is C10H21NO3S. The zero-order chi connectivity index (χ0) is 11.3. The van der Waals surface area contributed by atoms with Crippen LogP contribution >= 0.6 is 0 Å². The Hall–Kier alpha value is -0.130. The lowest BCUT2D eigenvalue weighted by atomic mass is 9.93. The summed E-state index contributed by atoms with van der Waals surface area (Å²) >= 11 is 0. The summed E-state index contributed by atoms with van der Waals surface area (Å²) in [5.74, 6) is 0.305. The highest BCUT2D eigenvalue weighted by atomic mass is 32.2. The topological polar surface area (TPSA) is 69.4 Å². The van der Waals surface area contributed by atoms with Gasteiger partial charge in [0.05, 0.1) is 18.5 Å². The molecule has 0 bridgehead atoms. The van der Waals surface area contributed by atoms with E-state index in [1.165, 1.54) is 0 Å². The molecule has 1 aliphatic carbocycles. The van der Waals surface area contributed by atoms with Gasteiger partial charge in [0.2, 0.25) is 0 Å². The van der Waals surface area contributed by atoms with Crippen LogP contribution in [-0.2, 0) is 14.6 Å². The van der Waals surface area contributed by atoms with Crippen molar-refractivity contribution in [2.24, 2.45) is 5.73 Å². The Balaban J connectivity index is 2.25. The van der Waals surface area contributed by atoms with E-state index in [1.807, 2.05) is 0 Å². The Bertz CT molecular complexity index is 276. The van der Waals surface area contributed by atoms with Gasteiger partial charge in [-0.1, -0.05) is 19.8 Å². The molecule has 0 aromatic rings. The van der Waals surface area contributed by atoms with E-state index in [2.05, 4.69) is 0 Å². The molecular weight excluding hydrogens is 214 g/mol. The molecule has 0 aliphatic heterocycles. The van der Waals surface area contributed by atoms with Gasteiger partial charge in [-0.05, 0) is 12.8 Å². The van der Waals surface area contributed by atoms with Crippen molar-refractivity contribution in [3.8, 4) is 0 Å². The van der Waals surface area contributed by atoms with Gasteiger partial charge in [-0.25, -0.2) is 8.42 Å². The molecule has 0 spiro atoms. The fourth-order valence-electron chi connectivity index (χ4n) is 1.80. The minimum Gasteiger partial charge on any atom is -0.376 e. The van der Waals surface area contributed by atoms with Crippen molar-refractivity contribution >= 4 is 9.84 Å². The lowest BCUT2D eigenvalue weighted by Gasteiger charge is -2.28. The summed E-state index contributed by atoms with van der Waals surface area (Å²) < 4.78 is 28.0. The average molecular weight is 235 g/mol. The van der Waals surface area contributed by atoms with Crippen molar-refractivity contribution in [1.29, 1.82) is 0 Å². The molecule has 1 rings (SSSR count). The molecule has 2 unspecified atom stereocenters. The van der Waals surface area contributed by atoms with Crippen molar-refractivity contribution < 1.29 is 13.2 Å². The smallest absolute Gasteiger partial charge is 0.152 e. The average Bonchev–Trinajstić information content (AvgIpc) is 2.21. The van der Waals surface area contributed by atoms with Crippen molar-refractivity contribution in [3.05, 3.63) is 0 Å². The van der Waals surface area contributed by atoms with Gasteiger partial charge in [0.15, 0.2) is 9.84 Å².